The summed E-state index contributed by atoms with van der Waals surface area (Å²) in [7, 11) is 0. The second-order valence-corrected chi connectivity index (χ2v) is 19.9. The third kappa shape index (κ3) is 11.2. The van der Waals surface area contributed by atoms with E-state index in [1.807, 2.05) is 86.7 Å². The van der Waals surface area contributed by atoms with Gasteiger partial charge in [-0.2, -0.15) is 4.98 Å². The van der Waals surface area contributed by atoms with Crippen LogP contribution in [0.4, 0.5) is 23.4 Å². The molecule has 0 bridgehead atoms. The molecule has 0 amide bonds. The van der Waals surface area contributed by atoms with Crippen LogP contribution < -0.4 is 22.3 Å². The zero-order chi connectivity index (χ0) is 49.9. The van der Waals surface area contributed by atoms with E-state index in [2.05, 4.69) is 133 Å². The molecule has 0 unspecified atom stereocenters. The fraction of sp³-hybridized carbons (Fsp3) is 0.409. The van der Waals surface area contributed by atoms with Crippen LogP contribution in [0.3, 0.4) is 0 Å². The summed E-state index contributed by atoms with van der Waals surface area (Å²) >= 11 is 5.70. The Morgan fingerprint density at radius 1 is 0.632 bits per heavy atom. The second-order valence-electron chi connectivity index (χ2n) is 19.5. The number of fused-ring (bicyclic) bond motifs is 4. The molecule has 6 N–H and O–H groups in total. The fourth-order valence-electron chi connectivity index (χ4n) is 6.61. The Morgan fingerprint density at radius 3 is 1.66 bits per heavy atom. The normalized spacial score (nSPS) is 11.9. The van der Waals surface area contributed by atoms with E-state index in [4.69, 9.17) is 28.6 Å². The van der Waals surface area contributed by atoms with Crippen molar-refractivity contribution < 1.29 is 0 Å². The number of nitrogens with zero attached hydrogens (tertiary/aromatic N) is 18. The van der Waals surface area contributed by atoms with Crippen LogP contribution >= 0.6 is 11.6 Å². The van der Waals surface area contributed by atoms with Crippen molar-refractivity contribution in [1.29, 1.82) is 0 Å². The number of aromatic amines is 1. The number of anilines is 3. The molecule has 9 aromatic rings. The molecule has 0 saturated heterocycles. The molecule has 8 heterocycles. The predicted octanol–water partition coefficient (Wildman–Crippen LogP) is 8.30. The highest BCUT2D eigenvalue weighted by molar-refractivity contribution is 6.28. The molecule has 9 rings (SSSR count). The van der Waals surface area contributed by atoms with Crippen molar-refractivity contribution in [2.24, 2.45) is 5.11 Å². The minimum atomic E-state index is -0.312. The van der Waals surface area contributed by atoms with Gasteiger partial charge in [-0.3, -0.25) is 9.78 Å². The van der Waals surface area contributed by atoms with Crippen molar-refractivity contribution in [1.82, 2.24) is 78.1 Å². The van der Waals surface area contributed by atoms with Crippen molar-refractivity contribution in [3.05, 3.63) is 99.4 Å². The third-order valence-electron chi connectivity index (χ3n) is 9.99. The Hall–Kier alpha value is -7.78. The highest BCUT2D eigenvalue weighted by Gasteiger charge is 2.22. The number of aryl methyl sites for hydroxylation is 1. The Morgan fingerprint density at radius 2 is 1.12 bits per heavy atom. The topological polar surface area (TPSA) is 307 Å². The molecule has 0 atom stereocenters. The monoisotopic (exact) mass is 944 g/mol. The van der Waals surface area contributed by atoms with E-state index in [1.165, 1.54) is 11.9 Å². The van der Waals surface area contributed by atoms with E-state index >= 15 is 0 Å². The molecule has 0 saturated carbocycles. The average Bonchev–Trinajstić information content (AvgIpc) is 4.06. The molecular formula is C44H57ClN22O. The molecule has 356 valence electrons. The molecule has 23 nitrogen and oxygen atoms in total. The van der Waals surface area contributed by atoms with Crippen molar-refractivity contribution in [3.63, 3.8) is 0 Å². The van der Waals surface area contributed by atoms with Crippen molar-refractivity contribution in [3.8, 4) is 0 Å². The van der Waals surface area contributed by atoms with Crippen molar-refractivity contribution in [2.75, 3.05) is 16.8 Å². The molecule has 68 heavy (non-hydrogen) atoms. The molecular weight excluding hydrogens is 888 g/mol. The summed E-state index contributed by atoms with van der Waals surface area (Å²) in [6.45, 7) is 27.4. The van der Waals surface area contributed by atoms with Crippen LogP contribution in [0.25, 0.3) is 55.1 Å². The molecule has 0 aliphatic heterocycles. The number of hydrogen-bond donors (Lipinski definition) is 4. The Bertz CT molecular complexity index is 3310. The van der Waals surface area contributed by atoms with Crippen molar-refractivity contribution >= 4 is 79.7 Å². The lowest BCUT2D eigenvalue weighted by Crippen LogP contribution is -2.21. The first kappa shape index (κ1) is 49.6. The van der Waals surface area contributed by atoms with Crippen molar-refractivity contribution in [2.45, 2.75) is 119 Å². The molecule has 24 heteroatoms. The molecule has 1 aromatic carbocycles. The van der Waals surface area contributed by atoms with Crippen LogP contribution in [0, 0.1) is 6.92 Å². The van der Waals surface area contributed by atoms with Gasteiger partial charge < -0.3 is 35.1 Å². The zero-order valence-corrected chi connectivity index (χ0v) is 41.2. The quantitative estimate of drug-likeness (QED) is 0.0558. The number of imidazole rings is 4. The first-order chi connectivity index (χ1) is 31.8. The summed E-state index contributed by atoms with van der Waals surface area (Å²) < 4.78 is 7.76. The number of benzene rings is 1. The molecule has 0 fully saturated rings. The number of aromatic nitrogens is 16. The number of nitrogens with two attached hydrogens (primary N) is 2. The summed E-state index contributed by atoms with van der Waals surface area (Å²) in [4.78, 5) is 62.7. The van der Waals surface area contributed by atoms with Gasteiger partial charge in [-0.25, -0.2) is 49.8 Å². The molecule has 0 aliphatic rings. The number of hydrogen-bond acceptors (Lipinski definition) is 16. The minimum Gasteiger partial charge on any atom is -0.382 e. The second kappa shape index (κ2) is 19.2. The number of azide groups is 1. The first-order valence-corrected chi connectivity index (χ1v) is 21.8. The van der Waals surface area contributed by atoms with Gasteiger partial charge in [0, 0.05) is 33.6 Å². The van der Waals surface area contributed by atoms with Crippen LogP contribution in [0.2, 0.25) is 5.28 Å². The van der Waals surface area contributed by atoms with E-state index in [1.54, 1.807) is 19.0 Å². The smallest absolute Gasteiger partial charge is 0.280 e. The Kier molecular flexibility index (Phi) is 14.0. The van der Waals surface area contributed by atoms with Gasteiger partial charge in [-0.1, -0.05) is 30.3 Å². The van der Waals surface area contributed by atoms with Crippen LogP contribution in [-0.2, 0) is 28.7 Å². The van der Waals surface area contributed by atoms with Gasteiger partial charge in [0.2, 0.25) is 11.2 Å². The number of halogens is 1. The number of nitrogens with one attached hydrogen (secondary N) is 2. The van der Waals surface area contributed by atoms with Crippen LogP contribution in [0.15, 0.2) is 71.9 Å². The van der Waals surface area contributed by atoms with E-state index in [9.17, 15) is 4.79 Å². The van der Waals surface area contributed by atoms with Gasteiger partial charge in [0.05, 0.1) is 25.3 Å². The van der Waals surface area contributed by atoms with E-state index in [0.717, 1.165) is 35.0 Å². The van der Waals surface area contributed by atoms with E-state index in [-0.39, 0.29) is 44.8 Å². The lowest BCUT2D eigenvalue weighted by molar-refractivity contribution is 0.405. The fourth-order valence-corrected chi connectivity index (χ4v) is 6.77. The first-order valence-electron chi connectivity index (χ1n) is 21.4. The van der Waals surface area contributed by atoms with E-state index in [0.29, 0.717) is 33.7 Å². The van der Waals surface area contributed by atoms with Gasteiger partial charge in [-0.05, 0) is 118 Å². The maximum atomic E-state index is 11.5. The number of H-pyrrole nitrogens is 1. The van der Waals surface area contributed by atoms with Gasteiger partial charge in [-0.15, -0.1) is 0 Å². The number of rotatable bonds is 4. The highest BCUT2D eigenvalue weighted by atomic mass is 35.5. The lowest BCUT2D eigenvalue weighted by Gasteiger charge is -2.21. The SMILES string of the molecule is CC(C)(C)n1cnc2c(=O)[nH]c(Cl)nc21.CC(C)(C)n1cnc2c(N)nc(N=[N+]=[N-])nc21.CC(C)(C)n1cnc2c(N)ncnc21.Cc1nc(NCc2ccccc2)c2ncn(C(C)(C)C)c2n1. The summed E-state index contributed by atoms with van der Waals surface area (Å²) in [5, 5.41) is 6.82. The molecule has 8 aromatic heterocycles. The summed E-state index contributed by atoms with van der Waals surface area (Å²) in [6.07, 6.45) is 8.29. The van der Waals surface area contributed by atoms with E-state index < -0.39 is 0 Å². The molecule has 0 spiro atoms. The Labute approximate surface area is 396 Å². The standard InChI is InChI=1S/C17H21N5.C9H11ClN4O.C9H12N8.C9H13N5/c1-12-20-15(18-10-13-8-6-5-7-9-13)14-16(21-12)22(11-19-14)17(2,3)4;1-9(2,3)14-4-11-5-6(14)12-8(10)13-7(5)15;1-9(2,3)17-4-12-5-6(10)13-8(15-16-11)14-7(5)17;1-9(2,3)14-5-13-6-7(10)11-4-12-8(6)14/h5-9,11H,10H2,1-4H3,(H,18,20,21);4H,1-3H3,(H,12,13,15);4H,1-3H3,(H2,10,13,14);4-5H,1-3H3,(H2,10,11,12). The third-order valence-corrected chi connectivity index (χ3v) is 10.2. The van der Waals surface area contributed by atoms with Crippen LogP contribution in [0.1, 0.15) is 94.5 Å². The van der Waals surface area contributed by atoms with Crippen LogP contribution in [-0.4, -0.2) is 78.1 Å². The summed E-state index contributed by atoms with van der Waals surface area (Å²) in [5.41, 5.74) is 25.2. The Balaban J connectivity index is 0.000000152. The average molecular weight is 946 g/mol. The maximum absolute atomic E-state index is 11.5. The van der Waals surface area contributed by atoms with Crippen LogP contribution in [0.5, 0.6) is 0 Å². The van der Waals surface area contributed by atoms with Gasteiger partial charge in [0.1, 0.15) is 28.7 Å². The van der Waals surface area contributed by atoms with Gasteiger partial charge in [0.25, 0.3) is 5.56 Å². The van der Waals surface area contributed by atoms with Gasteiger partial charge >= 0.3 is 0 Å². The summed E-state index contributed by atoms with van der Waals surface area (Å²) in [5.74, 6) is 2.17. The largest absolute Gasteiger partial charge is 0.382 e. The van der Waals surface area contributed by atoms with Gasteiger partial charge in [0.15, 0.2) is 45.6 Å². The molecule has 0 radical (unpaired) electrons. The lowest BCUT2D eigenvalue weighted by atomic mass is 10.1. The maximum Gasteiger partial charge on any atom is 0.280 e. The molecule has 0 aliphatic carbocycles. The highest BCUT2D eigenvalue weighted by Crippen LogP contribution is 2.27. The number of nitrogen functional groups attached to an aromatic ring is 2. The zero-order valence-electron chi connectivity index (χ0n) is 40.5. The minimum absolute atomic E-state index is 0.00324. The predicted molar refractivity (Wildman–Crippen MR) is 265 cm³/mol. The summed E-state index contributed by atoms with van der Waals surface area (Å²) in [6, 6.07) is 10.3.